The van der Waals surface area contributed by atoms with E-state index in [1.807, 2.05) is 0 Å². The van der Waals surface area contributed by atoms with Gasteiger partial charge in [-0.1, -0.05) is 51.7 Å². The molecule has 4 nitrogen and oxygen atoms in total. The number of unbranched alkanes of at least 4 members (excludes halogenated alkanes) is 3. The van der Waals surface area contributed by atoms with E-state index in [1.165, 1.54) is 19.3 Å². The molecule has 0 atom stereocenters. The van der Waals surface area contributed by atoms with Gasteiger partial charge in [0.05, 0.1) is 4.90 Å². The minimum absolute atomic E-state index is 0.305. The van der Waals surface area contributed by atoms with Crippen molar-refractivity contribution in [2.45, 2.75) is 57.4 Å². The molecule has 0 aliphatic rings. The van der Waals surface area contributed by atoms with Crippen LogP contribution in [0.5, 0.6) is 0 Å². The lowest BCUT2D eigenvalue weighted by atomic mass is 10.0. The molecule has 0 amide bonds. The van der Waals surface area contributed by atoms with Crippen LogP contribution < -0.4 is 10.5 Å². The Morgan fingerprint density at radius 2 is 1.67 bits per heavy atom. The van der Waals surface area contributed by atoms with Gasteiger partial charge in [0, 0.05) is 13.1 Å². The average Bonchev–Trinajstić information content (AvgIpc) is 2.46. The Morgan fingerprint density at radius 1 is 1.05 bits per heavy atom. The second kappa shape index (κ2) is 9.18. The molecule has 120 valence electrons. The maximum Gasteiger partial charge on any atom is 0.240 e. The van der Waals surface area contributed by atoms with Crippen LogP contribution in [-0.2, 0) is 16.6 Å². The number of sulfonamides is 1. The van der Waals surface area contributed by atoms with E-state index in [9.17, 15) is 8.42 Å². The molecule has 1 aromatic rings. The fourth-order valence-corrected chi connectivity index (χ4v) is 3.20. The number of hydrogen-bond donors (Lipinski definition) is 2. The largest absolute Gasteiger partial charge is 0.326 e. The zero-order chi connectivity index (χ0) is 15.7. The molecule has 0 radical (unpaired) electrons. The molecule has 1 rings (SSSR count). The normalized spacial score (nSPS) is 12.0. The molecule has 0 fully saturated rings. The number of benzene rings is 1. The standard InChI is InChI=1S/C16H28N2O2S/c1-14(2)7-5-3-4-6-12-18-21(19,20)16-10-8-15(13-17)9-11-16/h8-11,14,18H,3-7,12-13,17H2,1-2H3. The molecule has 1 aromatic carbocycles. The monoisotopic (exact) mass is 312 g/mol. The van der Waals surface area contributed by atoms with E-state index in [0.29, 0.717) is 18.0 Å². The van der Waals surface area contributed by atoms with E-state index in [2.05, 4.69) is 18.6 Å². The maximum atomic E-state index is 12.1. The summed E-state index contributed by atoms with van der Waals surface area (Å²) in [5, 5.41) is 0. The van der Waals surface area contributed by atoms with Gasteiger partial charge >= 0.3 is 0 Å². The van der Waals surface area contributed by atoms with Gasteiger partial charge in [0.15, 0.2) is 0 Å². The molecule has 0 aliphatic carbocycles. The zero-order valence-electron chi connectivity index (χ0n) is 13.1. The minimum atomic E-state index is -3.38. The van der Waals surface area contributed by atoms with Gasteiger partial charge in [-0.15, -0.1) is 0 Å². The van der Waals surface area contributed by atoms with Crippen LogP contribution in [0.3, 0.4) is 0 Å². The summed E-state index contributed by atoms with van der Waals surface area (Å²) < 4.78 is 26.8. The van der Waals surface area contributed by atoms with Gasteiger partial charge in [0.25, 0.3) is 0 Å². The van der Waals surface area contributed by atoms with E-state index in [0.717, 1.165) is 24.3 Å². The van der Waals surface area contributed by atoms with Crippen LogP contribution in [0.25, 0.3) is 0 Å². The Hall–Kier alpha value is -0.910. The van der Waals surface area contributed by atoms with E-state index < -0.39 is 10.0 Å². The van der Waals surface area contributed by atoms with Gasteiger partial charge in [-0.3, -0.25) is 0 Å². The first-order valence-electron chi connectivity index (χ1n) is 7.74. The van der Waals surface area contributed by atoms with Gasteiger partial charge in [-0.25, -0.2) is 13.1 Å². The Labute approximate surface area is 129 Å². The highest BCUT2D eigenvalue weighted by Gasteiger charge is 2.12. The summed E-state index contributed by atoms with van der Waals surface area (Å²) in [6.07, 6.45) is 5.61. The third kappa shape index (κ3) is 7.07. The predicted molar refractivity (Wildman–Crippen MR) is 87.4 cm³/mol. The fraction of sp³-hybridized carbons (Fsp3) is 0.625. The molecule has 0 spiro atoms. The summed E-state index contributed by atoms with van der Waals surface area (Å²) in [6, 6.07) is 6.71. The van der Waals surface area contributed by atoms with Crippen LogP contribution in [0.2, 0.25) is 0 Å². The van der Waals surface area contributed by atoms with Gasteiger partial charge < -0.3 is 5.73 Å². The lowest BCUT2D eigenvalue weighted by molar-refractivity contribution is 0.517. The van der Waals surface area contributed by atoms with Crippen LogP contribution in [0.4, 0.5) is 0 Å². The molecular weight excluding hydrogens is 284 g/mol. The van der Waals surface area contributed by atoms with Crippen molar-refractivity contribution in [1.29, 1.82) is 0 Å². The number of rotatable bonds is 10. The number of nitrogens with two attached hydrogens (primary N) is 1. The first kappa shape index (κ1) is 18.1. The minimum Gasteiger partial charge on any atom is -0.326 e. The molecule has 0 saturated carbocycles. The lowest BCUT2D eigenvalue weighted by Crippen LogP contribution is -2.24. The highest BCUT2D eigenvalue weighted by Crippen LogP contribution is 2.11. The van der Waals surface area contributed by atoms with Crippen molar-refractivity contribution in [3.63, 3.8) is 0 Å². The van der Waals surface area contributed by atoms with Gasteiger partial charge in [0.1, 0.15) is 0 Å². The van der Waals surface area contributed by atoms with Crippen LogP contribution in [0.15, 0.2) is 29.2 Å². The summed E-state index contributed by atoms with van der Waals surface area (Å²) in [6.45, 7) is 5.38. The highest BCUT2D eigenvalue weighted by molar-refractivity contribution is 7.89. The first-order valence-corrected chi connectivity index (χ1v) is 9.22. The van der Waals surface area contributed by atoms with Gasteiger partial charge in [0.2, 0.25) is 10.0 Å². The topological polar surface area (TPSA) is 72.2 Å². The maximum absolute atomic E-state index is 12.1. The predicted octanol–water partition coefficient (Wildman–Crippen LogP) is 3.03. The molecule has 3 N–H and O–H groups in total. The molecule has 5 heteroatoms. The summed E-state index contributed by atoms with van der Waals surface area (Å²) in [5.74, 6) is 0.750. The molecule has 0 bridgehead atoms. The van der Waals surface area contributed by atoms with Gasteiger partial charge in [-0.05, 0) is 30.0 Å². The summed E-state index contributed by atoms with van der Waals surface area (Å²) in [4.78, 5) is 0.305. The van der Waals surface area contributed by atoms with Crippen LogP contribution in [0, 0.1) is 5.92 Å². The van der Waals surface area contributed by atoms with Crippen LogP contribution >= 0.6 is 0 Å². The second-order valence-electron chi connectivity index (χ2n) is 5.84. The Morgan fingerprint density at radius 3 is 2.24 bits per heavy atom. The van der Waals surface area contributed by atoms with E-state index >= 15 is 0 Å². The second-order valence-corrected chi connectivity index (χ2v) is 7.61. The van der Waals surface area contributed by atoms with Gasteiger partial charge in [-0.2, -0.15) is 0 Å². The fourth-order valence-electron chi connectivity index (χ4n) is 2.13. The van der Waals surface area contributed by atoms with Crippen molar-refractivity contribution in [1.82, 2.24) is 4.72 Å². The molecule has 21 heavy (non-hydrogen) atoms. The Balaban J connectivity index is 2.29. The first-order chi connectivity index (χ1) is 9.95. The third-order valence-electron chi connectivity index (χ3n) is 3.47. The summed E-state index contributed by atoms with van der Waals surface area (Å²) in [5.41, 5.74) is 6.43. The van der Waals surface area contributed by atoms with Crippen LogP contribution in [-0.4, -0.2) is 15.0 Å². The van der Waals surface area contributed by atoms with E-state index in [1.54, 1.807) is 24.3 Å². The highest BCUT2D eigenvalue weighted by atomic mass is 32.2. The smallest absolute Gasteiger partial charge is 0.240 e. The SMILES string of the molecule is CC(C)CCCCCCNS(=O)(=O)c1ccc(CN)cc1. The quantitative estimate of drug-likeness (QED) is 0.652. The number of nitrogens with one attached hydrogen (secondary N) is 1. The average molecular weight is 312 g/mol. The third-order valence-corrected chi connectivity index (χ3v) is 4.95. The van der Waals surface area contributed by atoms with Crippen molar-refractivity contribution in [3.05, 3.63) is 29.8 Å². The van der Waals surface area contributed by atoms with E-state index in [4.69, 9.17) is 5.73 Å². The lowest BCUT2D eigenvalue weighted by Gasteiger charge is -2.08. The summed E-state index contributed by atoms with van der Waals surface area (Å²) in [7, 11) is -3.38. The summed E-state index contributed by atoms with van der Waals surface area (Å²) >= 11 is 0. The molecule has 0 saturated heterocycles. The zero-order valence-corrected chi connectivity index (χ0v) is 14.0. The Bertz CT molecular complexity index is 496. The molecule has 0 unspecified atom stereocenters. The molecule has 0 aliphatic heterocycles. The van der Waals surface area contributed by atoms with Crippen LogP contribution in [0.1, 0.15) is 51.5 Å². The van der Waals surface area contributed by atoms with E-state index in [-0.39, 0.29) is 0 Å². The van der Waals surface area contributed by atoms with Crippen molar-refractivity contribution >= 4 is 10.0 Å². The molecule has 0 heterocycles. The number of hydrogen-bond acceptors (Lipinski definition) is 3. The molecular formula is C16H28N2O2S. The van der Waals surface area contributed by atoms with Crippen molar-refractivity contribution in [3.8, 4) is 0 Å². The van der Waals surface area contributed by atoms with Crippen molar-refractivity contribution in [2.75, 3.05) is 6.54 Å². The van der Waals surface area contributed by atoms with Crippen molar-refractivity contribution < 1.29 is 8.42 Å². The van der Waals surface area contributed by atoms with Crippen molar-refractivity contribution in [2.24, 2.45) is 11.7 Å². The molecule has 0 aromatic heterocycles. The Kier molecular flexibility index (Phi) is 7.93.